The SMILES string of the molecule is COc1cc(C(=O)N2CCNCC2c2nccn2C)cc(OC)c1OC. The first-order valence-corrected chi connectivity index (χ1v) is 8.39. The van der Waals surface area contributed by atoms with Crippen LogP contribution >= 0.6 is 0 Å². The summed E-state index contributed by atoms with van der Waals surface area (Å²) in [6.07, 6.45) is 3.62. The van der Waals surface area contributed by atoms with Crippen molar-refractivity contribution >= 4 is 5.91 Å². The first-order chi connectivity index (χ1) is 12.6. The van der Waals surface area contributed by atoms with E-state index in [1.54, 1.807) is 18.3 Å². The van der Waals surface area contributed by atoms with E-state index >= 15 is 0 Å². The molecule has 0 spiro atoms. The number of carbonyl (C=O) groups excluding carboxylic acids is 1. The minimum Gasteiger partial charge on any atom is -0.493 e. The Kier molecular flexibility index (Phi) is 5.32. The summed E-state index contributed by atoms with van der Waals surface area (Å²) in [5, 5.41) is 3.33. The van der Waals surface area contributed by atoms with Crippen LogP contribution in [0, 0.1) is 0 Å². The number of imidazole rings is 1. The molecule has 140 valence electrons. The van der Waals surface area contributed by atoms with E-state index in [9.17, 15) is 4.79 Å². The van der Waals surface area contributed by atoms with E-state index in [0.717, 1.165) is 12.4 Å². The van der Waals surface area contributed by atoms with Gasteiger partial charge in [-0.1, -0.05) is 0 Å². The molecule has 26 heavy (non-hydrogen) atoms. The average Bonchev–Trinajstić information content (AvgIpc) is 3.11. The van der Waals surface area contributed by atoms with Crippen molar-refractivity contribution in [3.05, 3.63) is 35.9 Å². The summed E-state index contributed by atoms with van der Waals surface area (Å²) in [6, 6.07) is 3.22. The average molecular weight is 360 g/mol. The largest absolute Gasteiger partial charge is 0.493 e. The first kappa shape index (κ1) is 18.1. The normalized spacial score (nSPS) is 17.1. The lowest BCUT2D eigenvalue weighted by molar-refractivity contribution is 0.0620. The number of carbonyl (C=O) groups is 1. The van der Waals surface area contributed by atoms with E-state index < -0.39 is 0 Å². The molecule has 8 nitrogen and oxygen atoms in total. The van der Waals surface area contributed by atoms with Crippen molar-refractivity contribution in [3.8, 4) is 17.2 Å². The lowest BCUT2D eigenvalue weighted by Gasteiger charge is -2.36. The third kappa shape index (κ3) is 3.20. The summed E-state index contributed by atoms with van der Waals surface area (Å²) in [5.41, 5.74) is 0.487. The Hall–Kier alpha value is -2.74. The number of hydrogen-bond donors (Lipinski definition) is 1. The minimum absolute atomic E-state index is 0.0984. The summed E-state index contributed by atoms with van der Waals surface area (Å²) in [7, 11) is 6.54. The van der Waals surface area contributed by atoms with Gasteiger partial charge >= 0.3 is 0 Å². The van der Waals surface area contributed by atoms with Crippen molar-refractivity contribution in [3.63, 3.8) is 0 Å². The maximum Gasteiger partial charge on any atom is 0.254 e. The molecule has 1 saturated heterocycles. The molecule has 1 aliphatic heterocycles. The van der Waals surface area contributed by atoms with Crippen molar-refractivity contribution in [2.75, 3.05) is 41.0 Å². The predicted octanol–water partition coefficient (Wildman–Crippen LogP) is 1.23. The molecule has 1 aliphatic rings. The second-order valence-corrected chi connectivity index (χ2v) is 6.03. The number of piperazine rings is 1. The third-order valence-corrected chi connectivity index (χ3v) is 4.57. The van der Waals surface area contributed by atoms with E-state index in [-0.39, 0.29) is 11.9 Å². The molecular formula is C18H24N4O4. The number of aryl methyl sites for hydroxylation is 1. The van der Waals surface area contributed by atoms with Gasteiger partial charge in [-0.2, -0.15) is 0 Å². The second-order valence-electron chi connectivity index (χ2n) is 6.03. The number of aromatic nitrogens is 2. The van der Waals surface area contributed by atoms with E-state index in [0.29, 0.717) is 35.9 Å². The summed E-state index contributed by atoms with van der Waals surface area (Å²) in [4.78, 5) is 19.5. The van der Waals surface area contributed by atoms with Gasteiger partial charge in [0.05, 0.1) is 21.3 Å². The molecule has 8 heteroatoms. The van der Waals surface area contributed by atoms with E-state index in [1.165, 1.54) is 21.3 Å². The van der Waals surface area contributed by atoms with Crippen molar-refractivity contribution in [1.29, 1.82) is 0 Å². The standard InChI is InChI=1S/C18H24N4O4/c1-21-7-6-20-17(21)13-11-19-5-8-22(13)18(23)12-9-14(24-2)16(26-4)15(10-12)25-3/h6-7,9-10,13,19H,5,8,11H2,1-4H3. The van der Waals surface area contributed by atoms with Gasteiger partial charge in [0.2, 0.25) is 5.75 Å². The zero-order chi connectivity index (χ0) is 18.7. The van der Waals surface area contributed by atoms with Crippen LogP contribution in [0.5, 0.6) is 17.2 Å². The molecule has 0 radical (unpaired) electrons. The molecular weight excluding hydrogens is 336 g/mol. The zero-order valence-electron chi connectivity index (χ0n) is 15.5. The molecule has 3 rings (SSSR count). The highest BCUT2D eigenvalue weighted by Crippen LogP contribution is 2.39. The van der Waals surface area contributed by atoms with Crippen LogP contribution in [0.25, 0.3) is 0 Å². The quantitative estimate of drug-likeness (QED) is 0.864. The lowest BCUT2D eigenvalue weighted by atomic mass is 10.1. The molecule has 1 aromatic carbocycles. The summed E-state index contributed by atoms with van der Waals surface area (Å²) in [6.45, 7) is 1.98. The van der Waals surface area contributed by atoms with Crippen LogP contribution < -0.4 is 19.5 Å². The first-order valence-electron chi connectivity index (χ1n) is 8.39. The van der Waals surface area contributed by atoms with Gasteiger partial charge in [-0.05, 0) is 12.1 Å². The van der Waals surface area contributed by atoms with Crippen molar-refractivity contribution in [2.24, 2.45) is 7.05 Å². The van der Waals surface area contributed by atoms with E-state index in [1.807, 2.05) is 22.7 Å². The van der Waals surface area contributed by atoms with Gasteiger partial charge in [0.1, 0.15) is 11.9 Å². The highest BCUT2D eigenvalue weighted by Gasteiger charge is 2.32. The van der Waals surface area contributed by atoms with Crippen molar-refractivity contribution in [1.82, 2.24) is 19.8 Å². The van der Waals surface area contributed by atoms with Crippen LogP contribution in [-0.4, -0.2) is 61.3 Å². The molecule has 1 atom stereocenters. The van der Waals surface area contributed by atoms with Crippen molar-refractivity contribution in [2.45, 2.75) is 6.04 Å². The van der Waals surface area contributed by atoms with Gasteiger partial charge in [0.15, 0.2) is 11.5 Å². The van der Waals surface area contributed by atoms with Gasteiger partial charge < -0.3 is 29.0 Å². The highest BCUT2D eigenvalue weighted by atomic mass is 16.5. The van der Waals surface area contributed by atoms with Gasteiger partial charge in [-0.3, -0.25) is 4.79 Å². The number of nitrogens with one attached hydrogen (secondary N) is 1. The van der Waals surface area contributed by atoms with Gasteiger partial charge in [-0.15, -0.1) is 0 Å². The van der Waals surface area contributed by atoms with Gasteiger partial charge in [-0.25, -0.2) is 4.98 Å². The topological polar surface area (TPSA) is 77.9 Å². The van der Waals surface area contributed by atoms with Crippen LogP contribution in [0.4, 0.5) is 0 Å². The third-order valence-electron chi connectivity index (χ3n) is 4.57. The number of amides is 1. The Morgan fingerprint density at radius 2 is 1.88 bits per heavy atom. The Balaban J connectivity index is 1.98. The molecule has 1 fully saturated rings. The molecule has 1 N–H and O–H groups in total. The van der Waals surface area contributed by atoms with Crippen LogP contribution in [0.15, 0.2) is 24.5 Å². The monoisotopic (exact) mass is 360 g/mol. The lowest BCUT2D eigenvalue weighted by Crippen LogP contribution is -2.49. The number of hydrogen-bond acceptors (Lipinski definition) is 6. The van der Waals surface area contributed by atoms with E-state index in [2.05, 4.69) is 10.3 Å². The van der Waals surface area contributed by atoms with Crippen LogP contribution in [0.2, 0.25) is 0 Å². The maximum atomic E-state index is 13.3. The Morgan fingerprint density at radius 3 is 2.42 bits per heavy atom. The van der Waals surface area contributed by atoms with Crippen LogP contribution in [-0.2, 0) is 7.05 Å². The number of methoxy groups -OCH3 is 3. The Morgan fingerprint density at radius 1 is 1.19 bits per heavy atom. The number of benzene rings is 1. The number of nitrogens with zero attached hydrogens (tertiary/aromatic N) is 3. The van der Waals surface area contributed by atoms with Crippen LogP contribution in [0.3, 0.4) is 0 Å². The minimum atomic E-state index is -0.143. The summed E-state index contributed by atoms with van der Waals surface area (Å²) < 4.78 is 18.0. The molecule has 0 saturated carbocycles. The smallest absolute Gasteiger partial charge is 0.254 e. The summed E-state index contributed by atoms with van der Waals surface area (Å²) in [5.74, 6) is 2.13. The van der Waals surface area contributed by atoms with Crippen molar-refractivity contribution < 1.29 is 19.0 Å². The highest BCUT2D eigenvalue weighted by molar-refractivity contribution is 5.96. The Labute approximate surface area is 152 Å². The van der Waals surface area contributed by atoms with E-state index in [4.69, 9.17) is 14.2 Å². The molecule has 1 amide bonds. The Bertz CT molecular complexity index is 764. The number of ether oxygens (including phenoxy) is 3. The maximum absolute atomic E-state index is 13.3. The molecule has 1 aromatic heterocycles. The molecule has 1 unspecified atom stereocenters. The molecule has 0 aliphatic carbocycles. The second kappa shape index (κ2) is 7.65. The molecule has 2 heterocycles. The molecule has 2 aromatic rings. The molecule has 0 bridgehead atoms. The fourth-order valence-electron chi connectivity index (χ4n) is 3.25. The predicted molar refractivity (Wildman–Crippen MR) is 96.0 cm³/mol. The summed E-state index contributed by atoms with van der Waals surface area (Å²) >= 11 is 0. The fraction of sp³-hybridized carbons (Fsp3) is 0.444. The fourth-order valence-corrected chi connectivity index (χ4v) is 3.25. The van der Waals surface area contributed by atoms with Crippen LogP contribution in [0.1, 0.15) is 22.2 Å². The zero-order valence-corrected chi connectivity index (χ0v) is 15.5. The number of rotatable bonds is 5. The van der Waals surface area contributed by atoms with Gasteiger partial charge in [0.25, 0.3) is 5.91 Å². The van der Waals surface area contributed by atoms with Gasteiger partial charge in [0, 0.05) is 44.6 Å².